The molecule has 182 valence electrons. The Kier molecular flexibility index (Phi) is 9.87. The largest absolute Gasteiger partial charge is 0.480 e. The monoisotopic (exact) mass is 474 g/mol. The summed E-state index contributed by atoms with van der Waals surface area (Å²) in [5.41, 5.74) is 2.75. The number of alkyl carbamates (subject to hydrolysis) is 1. The number of carboxylic acids is 1. The highest BCUT2D eigenvalue weighted by molar-refractivity contribution is 5.89. The van der Waals surface area contributed by atoms with Gasteiger partial charge >= 0.3 is 12.1 Å². The van der Waals surface area contributed by atoms with Gasteiger partial charge in [-0.15, -0.1) is 0 Å². The quantitative estimate of drug-likeness (QED) is 0.366. The fourth-order valence-corrected chi connectivity index (χ4v) is 3.65. The standard InChI is InChI=1S/C28H30N2O5/c31-26(29-24(27(32)33)18-10-17-21-11-4-1-5-12-21)25(19-22-13-6-2-7-14-22)30-28(34)35-20-23-15-8-3-9-16-23/h1-9,11-16,24-25H,10,17-20H2,(H,29,31)(H,30,34)(H,32,33)/t24-,25-/m1/s1. The molecule has 0 aliphatic carbocycles. The molecule has 3 aromatic carbocycles. The second-order valence-corrected chi connectivity index (χ2v) is 8.23. The van der Waals surface area contributed by atoms with E-state index in [-0.39, 0.29) is 19.4 Å². The first kappa shape index (κ1) is 25.5. The predicted octanol–water partition coefficient (Wildman–Crippen LogP) is 4.12. The number of aryl methyl sites for hydroxylation is 1. The lowest BCUT2D eigenvalue weighted by atomic mass is 10.0. The minimum Gasteiger partial charge on any atom is -0.480 e. The molecule has 0 aromatic heterocycles. The van der Waals surface area contributed by atoms with Gasteiger partial charge in [0.15, 0.2) is 0 Å². The van der Waals surface area contributed by atoms with Gasteiger partial charge in [0.1, 0.15) is 18.7 Å². The van der Waals surface area contributed by atoms with Gasteiger partial charge in [-0.3, -0.25) is 4.79 Å². The lowest BCUT2D eigenvalue weighted by Gasteiger charge is -2.21. The molecule has 2 amide bonds. The minimum atomic E-state index is -1.11. The van der Waals surface area contributed by atoms with E-state index < -0.39 is 30.1 Å². The van der Waals surface area contributed by atoms with Gasteiger partial charge in [-0.1, -0.05) is 91.0 Å². The van der Waals surface area contributed by atoms with E-state index in [9.17, 15) is 19.5 Å². The second kappa shape index (κ2) is 13.5. The summed E-state index contributed by atoms with van der Waals surface area (Å²) in [5, 5.41) is 14.8. The van der Waals surface area contributed by atoms with Crippen LogP contribution in [-0.4, -0.2) is 35.2 Å². The number of rotatable bonds is 12. The fourth-order valence-electron chi connectivity index (χ4n) is 3.65. The number of nitrogens with one attached hydrogen (secondary N) is 2. The van der Waals surface area contributed by atoms with Crippen LogP contribution in [0, 0.1) is 0 Å². The molecule has 0 radical (unpaired) electrons. The first-order valence-electron chi connectivity index (χ1n) is 11.6. The Morgan fingerprint density at radius 1 is 0.714 bits per heavy atom. The summed E-state index contributed by atoms with van der Waals surface area (Å²) in [4.78, 5) is 37.3. The van der Waals surface area contributed by atoms with Crippen molar-refractivity contribution in [2.24, 2.45) is 0 Å². The minimum absolute atomic E-state index is 0.0591. The summed E-state index contributed by atoms with van der Waals surface area (Å²) >= 11 is 0. The van der Waals surface area contributed by atoms with Gasteiger partial charge in [0.25, 0.3) is 0 Å². The predicted molar refractivity (Wildman–Crippen MR) is 133 cm³/mol. The number of carboxylic acid groups (broad SMARTS) is 1. The summed E-state index contributed by atoms with van der Waals surface area (Å²) in [6.45, 7) is 0.0591. The van der Waals surface area contributed by atoms with Crippen LogP contribution < -0.4 is 10.6 Å². The van der Waals surface area contributed by atoms with Crippen molar-refractivity contribution >= 4 is 18.0 Å². The first-order valence-corrected chi connectivity index (χ1v) is 11.6. The molecule has 3 aromatic rings. The highest BCUT2D eigenvalue weighted by Gasteiger charge is 2.27. The zero-order valence-electron chi connectivity index (χ0n) is 19.4. The van der Waals surface area contributed by atoms with Crippen molar-refractivity contribution in [2.45, 2.75) is 44.4 Å². The summed E-state index contributed by atoms with van der Waals surface area (Å²) in [7, 11) is 0. The Hall–Kier alpha value is -4.13. The highest BCUT2D eigenvalue weighted by Crippen LogP contribution is 2.09. The molecule has 3 rings (SSSR count). The third kappa shape index (κ3) is 8.97. The van der Waals surface area contributed by atoms with Gasteiger partial charge < -0.3 is 20.5 Å². The third-order valence-corrected chi connectivity index (χ3v) is 5.52. The average molecular weight is 475 g/mol. The molecule has 0 fully saturated rings. The number of hydrogen-bond donors (Lipinski definition) is 3. The molecule has 7 nitrogen and oxygen atoms in total. The van der Waals surface area contributed by atoms with Crippen LogP contribution in [0.1, 0.15) is 29.5 Å². The van der Waals surface area contributed by atoms with Gasteiger partial charge in [0, 0.05) is 6.42 Å². The third-order valence-electron chi connectivity index (χ3n) is 5.52. The molecule has 35 heavy (non-hydrogen) atoms. The van der Waals surface area contributed by atoms with Gasteiger partial charge in [0.2, 0.25) is 5.91 Å². The molecular formula is C28H30N2O5. The molecule has 0 bridgehead atoms. The molecule has 0 spiro atoms. The van der Waals surface area contributed by atoms with E-state index in [1.165, 1.54) is 0 Å². The summed E-state index contributed by atoms with van der Waals surface area (Å²) in [6.07, 6.45) is 1.02. The van der Waals surface area contributed by atoms with Crippen molar-refractivity contribution in [1.29, 1.82) is 0 Å². The van der Waals surface area contributed by atoms with Crippen molar-refractivity contribution in [3.8, 4) is 0 Å². The Labute approximate surface area is 205 Å². The van der Waals surface area contributed by atoms with Crippen LogP contribution in [0.25, 0.3) is 0 Å². The number of aliphatic carboxylic acids is 1. The van der Waals surface area contributed by atoms with Crippen molar-refractivity contribution in [1.82, 2.24) is 10.6 Å². The lowest BCUT2D eigenvalue weighted by molar-refractivity contribution is -0.142. The topological polar surface area (TPSA) is 105 Å². The van der Waals surface area contributed by atoms with Crippen LogP contribution in [0.4, 0.5) is 4.79 Å². The SMILES string of the molecule is O=C(N[C@H](Cc1ccccc1)C(=O)N[C@H](CCCc1ccccc1)C(=O)O)OCc1ccccc1. The van der Waals surface area contributed by atoms with Crippen LogP contribution in [0.15, 0.2) is 91.0 Å². The molecule has 0 heterocycles. The van der Waals surface area contributed by atoms with Gasteiger partial charge in [-0.2, -0.15) is 0 Å². The molecule has 0 saturated carbocycles. The van der Waals surface area contributed by atoms with Crippen LogP contribution in [0.2, 0.25) is 0 Å². The zero-order chi connectivity index (χ0) is 24.9. The lowest BCUT2D eigenvalue weighted by Crippen LogP contribution is -2.52. The summed E-state index contributed by atoms with van der Waals surface area (Å²) < 4.78 is 5.27. The number of hydrogen-bond acceptors (Lipinski definition) is 4. The maximum Gasteiger partial charge on any atom is 0.408 e. The van der Waals surface area contributed by atoms with E-state index in [0.717, 1.165) is 16.7 Å². The molecule has 2 atom stereocenters. The van der Waals surface area contributed by atoms with Gasteiger partial charge in [-0.05, 0) is 36.0 Å². The van der Waals surface area contributed by atoms with Crippen molar-refractivity contribution in [3.05, 3.63) is 108 Å². The Bertz CT molecular complexity index is 1070. The van der Waals surface area contributed by atoms with E-state index in [4.69, 9.17) is 4.74 Å². The zero-order valence-corrected chi connectivity index (χ0v) is 19.4. The molecule has 0 aliphatic rings. The summed E-state index contributed by atoms with van der Waals surface area (Å²) in [5.74, 6) is -1.69. The fraction of sp³-hybridized carbons (Fsp3) is 0.250. The van der Waals surface area contributed by atoms with Crippen LogP contribution in [-0.2, 0) is 33.8 Å². The Morgan fingerprint density at radius 2 is 1.26 bits per heavy atom. The smallest absolute Gasteiger partial charge is 0.408 e. The second-order valence-electron chi connectivity index (χ2n) is 8.23. The van der Waals surface area contributed by atoms with Gasteiger partial charge in [-0.25, -0.2) is 9.59 Å². The maximum atomic E-state index is 13.1. The maximum absolute atomic E-state index is 13.1. The number of benzene rings is 3. The van der Waals surface area contributed by atoms with Crippen molar-refractivity contribution in [3.63, 3.8) is 0 Å². The molecule has 3 N–H and O–H groups in total. The number of ether oxygens (including phenoxy) is 1. The number of amides is 2. The van der Waals surface area contributed by atoms with Crippen LogP contribution in [0.3, 0.4) is 0 Å². The van der Waals surface area contributed by atoms with E-state index >= 15 is 0 Å². The number of carbonyl (C=O) groups excluding carboxylic acids is 2. The molecule has 0 unspecified atom stereocenters. The number of carbonyl (C=O) groups is 3. The van der Waals surface area contributed by atoms with Crippen LogP contribution >= 0.6 is 0 Å². The molecular weight excluding hydrogens is 444 g/mol. The van der Waals surface area contributed by atoms with E-state index in [0.29, 0.717) is 12.8 Å². The normalized spacial score (nSPS) is 12.2. The summed E-state index contributed by atoms with van der Waals surface area (Å²) in [6, 6.07) is 26.1. The van der Waals surface area contributed by atoms with E-state index in [1.807, 2.05) is 91.0 Å². The first-order chi connectivity index (χ1) is 17.0. The van der Waals surface area contributed by atoms with E-state index in [1.54, 1.807) is 0 Å². The molecule has 0 saturated heterocycles. The van der Waals surface area contributed by atoms with Crippen molar-refractivity contribution in [2.75, 3.05) is 0 Å². The molecule has 0 aliphatic heterocycles. The average Bonchev–Trinajstić information content (AvgIpc) is 2.88. The van der Waals surface area contributed by atoms with Crippen molar-refractivity contribution < 1.29 is 24.2 Å². The van der Waals surface area contributed by atoms with E-state index in [2.05, 4.69) is 10.6 Å². The van der Waals surface area contributed by atoms with Gasteiger partial charge in [0.05, 0.1) is 0 Å². The highest BCUT2D eigenvalue weighted by atomic mass is 16.5. The van der Waals surface area contributed by atoms with Crippen LogP contribution in [0.5, 0.6) is 0 Å². The Balaban J connectivity index is 1.61. The molecule has 7 heteroatoms. The Morgan fingerprint density at radius 3 is 1.83 bits per heavy atom.